The minimum atomic E-state index is 0.0394. The highest BCUT2D eigenvalue weighted by Gasteiger charge is 2.25. The first kappa shape index (κ1) is 15.8. The number of morpholine rings is 1. The van der Waals surface area contributed by atoms with E-state index in [0.29, 0.717) is 13.2 Å². The van der Waals surface area contributed by atoms with Crippen LogP contribution in [0.5, 0.6) is 0 Å². The van der Waals surface area contributed by atoms with Crippen LogP contribution in [0.25, 0.3) is 0 Å². The monoisotopic (exact) mass is 342 g/mol. The number of hydrogen-bond donors (Lipinski definition) is 2. The van der Waals surface area contributed by atoms with Gasteiger partial charge in [-0.3, -0.25) is 0 Å². The summed E-state index contributed by atoms with van der Waals surface area (Å²) in [5, 5.41) is 13.0. The maximum Gasteiger partial charge on any atom is 0.0755 e. The molecule has 1 aliphatic heterocycles. The third-order valence-electron chi connectivity index (χ3n) is 3.71. The Morgan fingerprint density at radius 2 is 2.35 bits per heavy atom. The Labute approximate surface area is 129 Å². The van der Waals surface area contributed by atoms with E-state index in [1.165, 1.54) is 11.3 Å². The van der Waals surface area contributed by atoms with E-state index in [4.69, 9.17) is 4.74 Å². The van der Waals surface area contributed by atoms with Crippen LogP contribution >= 0.6 is 15.9 Å². The normalized spacial score (nSPS) is 21.0. The molecule has 1 aromatic rings. The van der Waals surface area contributed by atoms with Crippen molar-refractivity contribution in [1.29, 1.82) is 0 Å². The number of hydrogen-bond acceptors (Lipinski definition) is 4. The van der Waals surface area contributed by atoms with E-state index in [1.54, 1.807) is 0 Å². The fourth-order valence-electron chi connectivity index (χ4n) is 2.67. The molecule has 1 aromatic carbocycles. The fraction of sp³-hybridized carbons (Fsp3) is 0.600. The van der Waals surface area contributed by atoms with Crippen LogP contribution in [0.4, 0.5) is 5.69 Å². The number of halogens is 1. The van der Waals surface area contributed by atoms with Crippen LogP contribution < -0.4 is 10.2 Å². The summed E-state index contributed by atoms with van der Waals surface area (Å²) < 4.78 is 6.55. The second kappa shape index (κ2) is 7.41. The van der Waals surface area contributed by atoms with Gasteiger partial charge in [-0.2, -0.15) is 0 Å². The molecule has 0 saturated carbocycles. The SMILES string of the molecule is CCNC(C)c1cc(Br)ccc1N1CCOCC1CO. The first-order valence-electron chi connectivity index (χ1n) is 7.15. The molecule has 1 aliphatic rings. The molecule has 5 heteroatoms. The Kier molecular flexibility index (Phi) is 5.84. The van der Waals surface area contributed by atoms with Gasteiger partial charge in [0, 0.05) is 22.7 Å². The van der Waals surface area contributed by atoms with Crippen LogP contribution in [0.3, 0.4) is 0 Å². The van der Waals surface area contributed by atoms with Crippen LogP contribution in [-0.2, 0) is 4.74 Å². The van der Waals surface area contributed by atoms with E-state index in [1.807, 2.05) is 0 Å². The minimum absolute atomic E-state index is 0.0394. The maximum absolute atomic E-state index is 9.56. The third kappa shape index (κ3) is 3.52. The molecule has 0 bridgehead atoms. The zero-order chi connectivity index (χ0) is 14.5. The lowest BCUT2D eigenvalue weighted by Crippen LogP contribution is -2.48. The molecule has 1 heterocycles. The molecule has 0 aliphatic carbocycles. The van der Waals surface area contributed by atoms with Crippen molar-refractivity contribution in [3.05, 3.63) is 28.2 Å². The molecule has 0 radical (unpaired) electrons. The van der Waals surface area contributed by atoms with Crippen molar-refractivity contribution in [2.75, 3.05) is 37.8 Å². The summed E-state index contributed by atoms with van der Waals surface area (Å²) in [6.07, 6.45) is 0. The van der Waals surface area contributed by atoms with E-state index < -0.39 is 0 Å². The van der Waals surface area contributed by atoms with Crippen LogP contribution in [0, 0.1) is 0 Å². The van der Waals surface area contributed by atoms with Gasteiger partial charge in [-0.25, -0.2) is 0 Å². The summed E-state index contributed by atoms with van der Waals surface area (Å²) in [5.41, 5.74) is 2.44. The minimum Gasteiger partial charge on any atom is -0.394 e. The highest BCUT2D eigenvalue weighted by molar-refractivity contribution is 9.10. The topological polar surface area (TPSA) is 44.7 Å². The second-order valence-corrected chi connectivity index (χ2v) is 6.00. The molecule has 112 valence electrons. The third-order valence-corrected chi connectivity index (χ3v) is 4.21. The maximum atomic E-state index is 9.56. The molecule has 0 amide bonds. The van der Waals surface area contributed by atoms with Crippen LogP contribution in [-0.4, -0.2) is 44.1 Å². The highest BCUT2D eigenvalue weighted by atomic mass is 79.9. The van der Waals surface area contributed by atoms with Gasteiger partial charge in [-0.05, 0) is 37.2 Å². The van der Waals surface area contributed by atoms with Crippen molar-refractivity contribution in [3.8, 4) is 0 Å². The lowest BCUT2D eigenvalue weighted by atomic mass is 10.0. The van der Waals surface area contributed by atoms with E-state index in [2.05, 4.69) is 58.2 Å². The molecule has 0 spiro atoms. The van der Waals surface area contributed by atoms with Crippen LogP contribution in [0.15, 0.2) is 22.7 Å². The van der Waals surface area contributed by atoms with E-state index in [-0.39, 0.29) is 18.7 Å². The Balaban J connectivity index is 2.33. The summed E-state index contributed by atoms with van der Waals surface area (Å²) in [6, 6.07) is 6.65. The zero-order valence-electron chi connectivity index (χ0n) is 12.1. The molecule has 2 N–H and O–H groups in total. The number of aliphatic hydroxyl groups excluding tert-OH is 1. The second-order valence-electron chi connectivity index (χ2n) is 5.09. The first-order chi connectivity index (χ1) is 9.67. The molecule has 1 fully saturated rings. The molecular formula is C15H23BrN2O2. The predicted molar refractivity (Wildman–Crippen MR) is 85.3 cm³/mol. The van der Waals surface area contributed by atoms with Gasteiger partial charge in [-0.1, -0.05) is 22.9 Å². The Morgan fingerprint density at radius 1 is 1.55 bits per heavy atom. The number of aliphatic hydroxyl groups is 1. The molecule has 20 heavy (non-hydrogen) atoms. The van der Waals surface area contributed by atoms with Gasteiger partial charge < -0.3 is 20.1 Å². The molecule has 2 unspecified atom stereocenters. The Hall–Kier alpha value is -0.620. The molecule has 2 atom stereocenters. The predicted octanol–water partition coefficient (Wildman–Crippen LogP) is 2.32. The van der Waals surface area contributed by atoms with Gasteiger partial charge in [0.05, 0.1) is 25.9 Å². The molecular weight excluding hydrogens is 320 g/mol. The number of rotatable bonds is 5. The Bertz CT molecular complexity index is 442. The number of anilines is 1. The van der Waals surface area contributed by atoms with Gasteiger partial charge in [0.15, 0.2) is 0 Å². The average Bonchev–Trinajstić information content (AvgIpc) is 2.47. The average molecular weight is 343 g/mol. The summed E-state index contributed by atoms with van der Waals surface area (Å²) >= 11 is 3.55. The van der Waals surface area contributed by atoms with Crippen molar-refractivity contribution in [1.82, 2.24) is 5.32 Å². The van der Waals surface area contributed by atoms with Crippen LogP contribution in [0.2, 0.25) is 0 Å². The van der Waals surface area contributed by atoms with Crippen LogP contribution in [0.1, 0.15) is 25.5 Å². The molecule has 0 aromatic heterocycles. The van der Waals surface area contributed by atoms with Crippen molar-refractivity contribution in [3.63, 3.8) is 0 Å². The fourth-order valence-corrected chi connectivity index (χ4v) is 3.05. The number of nitrogens with one attached hydrogen (secondary N) is 1. The van der Waals surface area contributed by atoms with Gasteiger partial charge in [0.1, 0.15) is 0 Å². The van der Waals surface area contributed by atoms with Crippen molar-refractivity contribution < 1.29 is 9.84 Å². The first-order valence-corrected chi connectivity index (χ1v) is 7.94. The Morgan fingerprint density at radius 3 is 3.05 bits per heavy atom. The van der Waals surface area contributed by atoms with Gasteiger partial charge >= 0.3 is 0 Å². The summed E-state index contributed by atoms with van der Waals surface area (Å²) in [6.45, 7) is 7.44. The smallest absolute Gasteiger partial charge is 0.0755 e. The van der Waals surface area contributed by atoms with Crippen molar-refractivity contribution in [2.24, 2.45) is 0 Å². The number of ether oxygens (including phenoxy) is 1. The summed E-state index contributed by atoms with van der Waals surface area (Å²) in [4.78, 5) is 2.26. The quantitative estimate of drug-likeness (QED) is 0.861. The number of nitrogens with zero attached hydrogens (tertiary/aromatic N) is 1. The largest absolute Gasteiger partial charge is 0.394 e. The lowest BCUT2D eigenvalue weighted by Gasteiger charge is -2.38. The summed E-state index contributed by atoms with van der Waals surface area (Å²) in [5.74, 6) is 0. The molecule has 1 saturated heterocycles. The summed E-state index contributed by atoms with van der Waals surface area (Å²) in [7, 11) is 0. The lowest BCUT2D eigenvalue weighted by molar-refractivity contribution is 0.0726. The zero-order valence-corrected chi connectivity index (χ0v) is 13.7. The van der Waals surface area contributed by atoms with Crippen molar-refractivity contribution >= 4 is 21.6 Å². The van der Waals surface area contributed by atoms with E-state index in [0.717, 1.165) is 17.6 Å². The van der Waals surface area contributed by atoms with E-state index >= 15 is 0 Å². The van der Waals surface area contributed by atoms with Crippen molar-refractivity contribution in [2.45, 2.75) is 25.9 Å². The number of benzene rings is 1. The standard InChI is InChI=1S/C15H23BrN2O2/c1-3-17-11(2)14-8-12(16)4-5-15(14)18-6-7-20-10-13(18)9-19/h4-5,8,11,13,17,19H,3,6-7,9-10H2,1-2H3. The van der Waals surface area contributed by atoms with Gasteiger partial charge in [0.25, 0.3) is 0 Å². The van der Waals surface area contributed by atoms with Gasteiger partial charge in [0.2, 0.25) is 0 Å². The molecule has 2 rings (SSSR count). The van der Waals surface area contributed by atoms with Gasteiger partial charge in [-0.15, -0.1) is 0 Å². The molecule has 4 nitrogen and oxygen atoms in total. The highest BCUT2D eigenvalue weighted by Crippen LogP contribution is 2.31. The van der Waals surface area contributed by atoms with E-state index in [9.17, 15) is 5.11 Å².